The number of nitrogens with one attached hydrogen (secondary N) is 1. The molecule has 1 heterocycles. The van der Waals surface area contributed by atoms with Crippen LogP contribution in [0.4, 0.5) is 0 Å². The molecule has 6 nitrogen and oxygen atoms in total. The second-order valence-electron chi connectivity index (χ2n) is 6.39. The van der Waals surface area contributed by atoms with Crippen LogP contribution in [0.1, 0.15) is 31.2 Å². The predicted octanol–water partition coefficient (Wildman–Crippen LogP) is 2.70. The van der Waals surface area contributed by atoms with Crippen LogP contribution < -0.4 is 14.8 Å². The Bertz CT molecular complexity index is 808. The van der Waals surface area contributed by atoms with Crippen LogP contribution in [-0.4, -0.2) is 33.1 Å². The smallest absolute Gasteiger partial charge is 0.336 e. The molecule has 0 aromatic heterocycles. The maximum Gasteiger partial charge on any atom is 0.336 e. The summed E-state index contributed by atoms with van der Waals surface area (Å²) >= 11 is 0. The average molecular weight is 357 g/mol. The number of esters is 1. The normalized spacial score (nSPS) is 22.2. The number of ketones is 1. The van der Waals surface area contributed by atoms with Gasteiger partial charge in [-0.05, 0) is 31.0 Å². The van der Waals surface area contributed by atoms with Crippen molar-refractivity contribution in [1.82, 2.24) is 5.32 Å². The first-order valence-corrected chi connectivity index (χ1v) is 8.52. The van der Waals surface area contributed by atoms with E-state index in [0.717, 1.165) is 11.3 Å². The molecule has 1 aromatic carbocycles. The highest BCUT2D eigenvalue weighted by Crippen LogP contribution is 2.45. The fraction of sp³-hybridized carbons (Fsp3) is 0.400. The highest BCUT2D eigenvalue weighted by molar-refractivity contribution is 5.96. The number of methoxy groups -OCH3 is 3. The van der Waals surface area contributed by atoms with E-state index in [-0.39, 0.29) is 5.78 Å². The monoisotopic (exact) mass is 357 g/mol. The highest BCUT2D eigenvalue weighted by Gasteiger charge is 2.43. The van der Waals surface area contributed by atoms with Crippen LogP contribution in [-0.2, 0) is 14.3 Å². The molecule has 2 aliphatic rings. The molecule has 1 aliphatic carbocycles. The van der Waals surface area contributed by atoms with Gasteiger partial charge in [-0.3, -0.25) is 4.79 Å². The van der Waals surface area contributed by atoms with Crippen molar-refractivity contribution in [2.45, 2.75) is 25.7 Å². The number of ether oxygens (including phenoxy) is 3. The van der Waals surface area contributed by atoms with Gasteiger partial charge in [-0.25, -0.2) is 4.79 Å². The minimum Gasteiger partial charge on any atom is -0.493 e. The lowest BCUT2D eigenvalue weighted by Crippen LogP contribution is -2.40. The summed E-state index contributed by atoms with van der Waals surface area (Å²) in [5.41, 5.74) is 2.84. The summed E-state index contributed by atoms with van der Waals surface area (Å²) in [6.45, 7) is 1.83. The second kappa shape index (κ2) is 7.23. The van der Waals surface area contributed by atoms with Crippen molar-refractivity contribution in [3.05, 3.63) is 46.8 Å². The van der Waals surface area contributed by atoms with Gasteiger partial charge in [-0.15, -0.1) is 0 Å². The topological polar surface area (TPSA) is 73.9 Å². The van der Waals surface area contributed by atoms with Crippen molar-refractivity contribution >= 4 is 11.8 Å². The van der Waals surface area contributed by atoms with Gasteiger partial charge in [0.25, 0.3) is 0 Å². The SMILES string of the molecule is COC(=O)C1=C(C)NC2=CCCC(=O)C2C1c1ccc(OC)c(OC)c1. The van der Waals surface area contributed by atoms with E-state index in [0.29, 0.717) is 35.6 Å². The summed E-state index contributed by atoms with van der Waals surface area (Å²) in [5, 5.41) is 3.23. The Labute approximate surface area is 152 Å². The van der Waals surface area contributed by atoms with Crippen molar-refractivity contribution < 1.29 is 23.8 Å². The summed E-state index contributed by atoms with van der Waals surface area (Å²) in [6.07, 6.45) is 3.21. The van der Waals surface area contributed by atoms with E-state index in [2.05, 4.69) is 5.32 Å². The minimum absolute atomic E-state index is 0.115. The first kappa shape index (κ1) is 18.0. The number of hydrogen-bond acceptors (Lipinski definition) is 6. The van der Waals surface area contributed by atoms with Crippen molar-refractivity contribution in [3.63, 3.8) is 0 Å². The average Bonchev–Trinajstić information content (AvgIpc) is 2.66. The maximum absolute atomic E-state index is 12.7. The third-order valence-electron chi connectivity index (χ3n) is 4.99. The van der Waals surface area contributed by atoms with Gasteiger partial charge in [0.15, 0.2) is 11.5 Å². The molecule has 0 saturated heterocycles. The number of carbonyl (C=O) groups excluding carboxylic acids is 2. The Kier molecular flexibility index (Phi) is 5.02. The van der Waals surface area contributed by atoms with Crippen LogP contribution in [0.15, 0.2) is 41.2 Å². The molecule has 1 N–H and O–H groups in total. The lowest BCUT2D eigenvalue weighted by Gasteiger charge is -2.38. The van der Waals surface area contributed by atoms with E-state index in [4.69, 9.17) is 14.2 Å². The molecule has 0 radical (unpaired) electrons. The van der Waals surface area contributed by atoms with Crippen LogP contribution >= 0.6 is 0 Å². The molecule has 0 fully saturated rings. The van der Waals surface area contributed by atoms with E-state index >= 15 is 0 Å². The summed E-state index contributed by atoms with van der Waals surface area (Å²) < 4.78 is 15.7. The lowest BCUT2D eigenvalue weighted by atomic mass is 9.71. The van der Waals surface area contributed by atoms with Crippen LogP contribution in [0.25, 0.3) is 0 Å². The number of allylic oxidation sites excluding steroid dienone is 3. The maximum atomic E-state index is 12.7. The second-order valence-corrected chi connectivity index (χ2v) is 6.39. The zero-order chi connectivity index (χ0) is 18.8. The Balaban J connectivity index is 2.19. The molecule has 6 heteroatoms. The van der Waals surface area contributed by atoms with Crippen LogP contribution in [0, 0.1) is 5.92 Å². The number of rotatable bonds is 4. The Hall–Kier alpha value is -2.76. The Morgan fingerprint density at radius 3 is 2.50 bits per heavy atom. The zero-order valence-electron chi connectivity index (χ0n) is 15.4. The molecule has 0 spiro atoms. The molecule has 0 amide bonds. The summed E-state index contributed by atoms with van der Waals surface area (Å²) in [5.74, 6) is -0.0338. The molecule has 0 saturated carbocycles. The van der Waals surface area contributed by atoms with E-state index in [1.807, 2.05) is 25.1 Å². The molecular formula is C20H23NO5. The van der Waals surface area contributed by atoms with Gasteiger partial charge in [0, 0.05) is 23.7 Å². The Morgan fingerprint density at radius 2 is 1.85 bits per heavy atom. The summed E-state index contributed by atoms with van der Waals surface area (Å²) in [4.78, 5) is 25.3. The number of Topliss-reactive ketones (excluding diaryl/α,β-unsaturated/α-hetero) is 1. The first-order valence-electron chi connectivity index (χ1n) is 8.52. The largest absolute Gasteiger partial charge is 0.493 e. The number of hydrogen-bond donors (Lipinski definition) is 1. The predicted molar refractivity (Wildman–Crippen MR) is 96.0 cm³/mol. The lowest BCUT2D eigenvalue weighted by molar-refractivity contribution is -0.136. The molecule has 2 unspecified atom stereocenters. The van der Waals surface area contributed by atoms with Gasteiger partial charge >= 0.3 is 5.97 Å². The molecular weight excluding hydrogens is 334 g/mol. The van der Waals surface area contributed by atoms with Gasteiger partial charge in [0.2, 0.25) is 0 Å². The van der Waals surface area contributed by atoms with Crippen LogP contribution in [0.3, 0.4) is 0 Å². The standard InChI is InChI=1S/C20H23NO5/c1-11-17(20(23)26-4)18(19-13(21-11)6-5-7-14(19)22)12-8-9-15(24-2)16(10-12)25-3/h6,8-10,18-19,21H,5,7H2,1-4H3. The quantitative estimate of drug-likeness (QED) is 0.835. The van der Waals surface area contributed by atoms with Gasteiger partial charge in [-0.2, -0.15) is 0 Å². The highest BCUT2D eigenvalue weighted by atomic mass is 16.5. The van der Waals surface area contributed by atoms with Gasteiger partial charge in [0.05, 0.1) is 32.8 Å². The van der Waals surface area contributed by atoms with Crippen molar-refractivity contribution in [3.8, 4) is 11.5 Å². The number of fused-ring (bicyclic) bond motifs is 1. The molecule has 2 atom stereocenters. The first-order chi connectivity index (χ1) is 12.5. The van der Waals surface area contributed by atoms with Crippen LogP contribution in [0.5, 0.6) is 11.5 Å². The van der Waals surface area contributed by atoms with E-state index in [1.54, 1.807) is 20.3 Å². The molecule has 1 aromatic rings. The van der Waals surface area contributed by atoms with E-state index in [9.17, 15) is 9.59 Å². The van der Waals surface area contributed by atoms with Gasteiger partial charge in [0.1, 0.15) is 5.78 Å². The van der Waals surface area contributed by atoms with Crippen molar-refractivity contribution in [2.24, 2.45) is 5.92 Å². The molecule has 1 aliphatic heterocycles. The van der Waals surface area contributed by atoms with Gasteiger partial charge < -0.3 is 19.5 Å². The van der Waals surface area contributed by atoms with Crippen molar-refractivity contribution in [2.75, 3.05) is 21.3 Å². The minimum atomic E-state index is -0.438. The zero-order valence-corrected chi connectivity index (χ0v) is 15.4. The molecule has 26 heavy (non-hydrogen) atoms. The Morgan fingerprint density at radius 1 is 1.12 bits per heavy atom. The summed E-state index contributed by atoms with van der Waals surface area (Å²) in [7, 11) is 4.48. The number of benzene rings is 1. The fourth-order valence-electron chi connectivity index (χ4n) is 3.80. The van der Waals surface area contributed by atoms with Crippen LogP contribution in [0.2, 0.25) is 0 Å². The third-order valence-corrected chi connectivity index (χ3v) is 4.99. The number of carbonyl (C=O) groups is 2. The molecule has 0 bridgehead atoms. The van der Waals surface area contributed by atoms with Crippen molar-refractivity contribution in [1.29, 1.82) is 0 Å². The summed E-state index contributed by atoms with van der Waals surface area (Å²) in [6, 6.07) is 5.48. The molecule has 138 valence electrons. The van der Waals surface area contributed by atoms with E-state index < -0.39 is 17.8 Å². The van der Waals surface area contributed by atoms with Gasteiger partial charge in [-0.1, -0.05) is 12.1 Å². The van der Waals surface area contributed by atoms with E-state index in [1.165, 1.54) is 7.11 Å². The fourth-order valence-corrected chi connectivity index (χ4v) is 3.80. The third kappa shape index (κ3) is 2.96. The molecule has 3 rings (SSSR count).